The highest BCUT2D eigenvalue weighted by Gasteiger charge is 2.34. The van der Waals surface area contributed by atoms with E-state index in [1.165, 1.54) is 99.1 Å². The van der Waals surface area contributed by atoms with E-state index in [9.17, 15) is 0 Å². The Labute approximate surface area is 299 Å². The SMILES string of the molecule is CC1(C)c2cc(-c3ccc(-c4cccc5ccccc45)cc3)ccc2-c2ccc(-c3ccc(-c4cccc5ccccc45)cc3)c3cccc1c23. The van der Waals surface area contributed by atoms with Gasteiger partial charge in [0.25, 0.3) is 0 Å². The molecule has 0 unspecified atom stereocenters. The summed E-state index contributed by atoms with van der Waals surface area (Å²) in [5.74, 6) is 0. The molecule has 0 amide bonds. The van der Waals surface area contributed by atoms with Crippen LogP contribution in [0.4, 0.5) is 0 Å². The van der Waals surface area contributed by atoms with Crippen molar-refractivity contribution in [2.75, 3.05) is 0 Å². The zero-order chi connectivity index (χ0) is 34.1. The lowest BCUT2D eigenvalue weighted by molar-refractivity contribution is 0.645. The van der Waals surface area contributed by atoms with E-state index < -0.39 is 0 Å². The van der Waals surface area contributed by atoms with Gasteiger partial charge in [-0.25, -0.2) is 0 Å². The van der Waals surface area contributed by atoms with Crippen LogP contribution < -0.4 is 0 Å². The average Bonchev–Trinajstić information content (AvgIpc) is 3.19. The Morgan fingerprint density at radius 2 is 0.725 bits per heavy atom. The largest absolute Gasteiger partial charge is 0.0616 e. The van der Waals surface area contributed by atoms with Gasteiger partial charge in [-0.1, -0.05) is 190 Å². The normalized spacial score (nSPS) is 13.1. The summed E-state index contributed by atoms with van der Waals surface area (Å²) in [4.78, 5) is 0. The first-order chi connectivity index (χ1) is 25.0. The number of fused-ring (bicyclic) bond motifs is 4. The molecule has 240 valence electrons. The topological polar surface area (TPSA) is 0 Å². The lowest BCUT2D eigenvalue weighted by Gasteiger charge is -2.36. The van der Waals surface area contributed by atoms with Crippen molar-refractivity contribution in [3.63, 3.8) is 0 Å². The Morgan fingerprint density at radius 1 is 0.294 bits per heavy atom. The lowest BCUT2D eigenvalue weighted by atomic mass is 9.67. The molecule has 0 spiro atoms. The molecule has 0 saturated heterocycles. The van der Waals surface area contributed by atoms with Crippen molar-refractivity contribution in [2.45, 2.75) is 19.3 Å². The minimum Gasteiger partial charge on any atom is -0.0616 e. The van der Waals surface area contributed by atoms with Crippen LogP contribution in [-0.4, -0.2) is 0 Å². The van der Waals surface area contributed by atoms with E-state index in [0.717, 1.165) is 0 Å². The maximum atomic E-state index is 2.43. The zero-order valence-corrected chi connectivity index (χ0v) is 28.8. The third-order valence-electron chi connectivity index (χ3n) is 11.3. The maximum Gasteiger partial charge on any atom is 0.0159 e. The van der Waals surface area contributed by atoms with Gasteiger partial charge in [-0.15, -0.1) is 0 Å². The van der Waals surface area contributed by atoms with Gasteiger partial charge in [-0.05, 0) is 105 Å². The van der Waals surface area contributed by atoms with E-state index in [1.54, 1.807) is 0 Å². The maximum absolute atomic E-state index is 2.43. The second-order valence-electron chi connectivity index (χ2n) is 14.5. The molecule has 0 N–H and O–H groups in total. The van der Waals surface area contributed by atoms with E-state index in [-0.39, 0.29) is 5.41 Å². The van der Waals surface area contributed by atoms with Crippen LogP contribution in [0, 0.1) is 0 Å². The molecule has 0 heteroatoms. The first-order valence-corrected chi connectivity index (χ1v) is 17.9. The molecule has 0 bridgehead atoms. The zero-order valence-electron chi connectivity index (χ0n) is 28.8. The number of benzene rings is 9. The first kappa shape index (κ1) is 29.7. The minimum atomic E-state index is -0.155. The molecular weight excluding hydrogens is 613 g/mol. The summed E-state index contributed by atoms with van der Waals surface area (Å²) in [7, 11) is 0. The predicted octanol–water partition coefficient (Wildman–Crippen LogP) is 14.1. The Morgan fingerprint density at radius 3 is 1.33 bits per heavy atom. The van der Waals surface area contributed by atoms with E-state index in [2.05, 4.69) is 196 Å². The third kappa shape index (κ3) is 4.68. The second kappa shape index (κ2) is 11.4. The molecule has 1 aliphatic rings. The molecule has 9 aromatic carbocycles. The van der Waals surface area contributed by atoms with Crippen molar-refractivity contribution in [1.82, 2.24) is 0 Å². The fourth-order valence-electron chi connectivity index (χ4n) is 8.65. The van der Waals surface area contributed by atoms with Gasteiger partial charge >= 0.3 is 0 Å². The van der Waals surface area contributed by atoms with Gasteiger partial charge in [0.2, 0.25) is 0 Å². The number of hydrogen-bond acceptors (Lipinski definition) is 0. The van der Waals surface area contributed by atoms with Crippen molar-refractivity contribution in [2.24, 2.45) is 0 Å². The third-order valence-corrected chi connectivity index (χ3v) is 11.3. The molecule has 0 heterocycles. The van der Waals surface area contributed by atoms with Crippen LogP contribution in [0.15, 0.2) is 182 Å². The summed E-state index contributed by atoms with van der Waals surface area (Å²) < 4.78 is 0. The van der Waals surface area contributed by atoms with Crippen LogP contribution in [0.1, 0.15) is 25.0 Å². The molecule has 0 radical (unpaired) electrons. The fraction of sp³-hybridized carbons (Fsp3) is 0.0588. The van der Waals surface area contributed by atoms with Crippen LogP contribution in [0.25, 0.3) is 88.0 Å². The highest BCUT2D eigenvalue weighted by atomic mass is 14.4. The summed E-state index contributed by atoms with van der Waals surface area (Å²) in [6.07, 6.45) is 0. The van der Waals surface area contributed by atoms with Crippen LogP contribution in [-0.2, 0) is 5.41 Å². The highest BCUT2D eigenvalue weighted by molar-refractivity contribution is 6.10. The Hall–Kier alpha value is -6.24. The first-order valence-electron chi connectivity index (χ1n) is 17.9. The summed E-state index contributed by atoms with van der Waals surface area (Å²) in [5, 5.41) is 7.81. The predicted molar refractivity (Wildman–Crippen MR) is 218 cm³/mol. The van der Waals surface area contributed by atoms with Crippen LogP contribution in [0.5, 0.6) is 0 Å². The Bertz CT molecular complexity index is 2790. The van der Waals surface area contributed by atoms with Crippen molar-refractivity contribution >= 4 is 32.3 Å². The fourth-order valence-corrected chi connectivity index (χ4v) is 8.65. The van der Waals surface area contributed by atoms with Crippen molar-refractivity contribution < 1.29 is 0 Å². The van der Waals surface area contributed by atoms with E-state index >= 15 is 0 Å². The van der Waals surface area contributed by atoms with Crippen LogP contribution in [0.3, 0.4) is 0 Å². The van der Waals surface area contributed by atoms with Gasteiger partial charge in [0.05, 0.1) is 0 Å². The van der Waals surface area contributed by atoms with E-state index in [0.29, 0.717) is 0 Å². The van der Waals surface area contributed by atoms with Crippen LogP contribution >= 0.6 is 0 Å². The number of hydrogen-bond donors (Lipinski definition) is 0. The quantitative estimate of drug-likeness (QED) is 0.178. The van der Waals surface area contributed by atoms with Gasteiger partial charge in [0.1, 0.15) is 0 Å². The molecule has 0 aliphatic heterocycles. The Balaban J connectivity index is 1.03. The minimum absolute atomic E-state index is 0.155. The second-order valence-corrected chi connectivity index (χ2v) is 14.5. The van der Waals surface area contributed by atoms with E-state index in [4.69, 9.17) is 0 Å². The molecule has 0 atom stereocenters. The molecule has 1 aliphatic carbocycles. The van der Waals surface area contributed by atoms with Gasteiger partial charge in [0.15, 0.2) is 0 Å². The molecule has 10 rings (SSSR count). The van der Waals surface area contributed by atoms with Crippen molar-refractivity contribution in [1.29, 1.82) is 0 Å². The average molecular weight is 649 g/mol. The van der Waals surface area contributed by atoms with Crippen LogP contribution in [0.2, 0.25) is 0 Å². The number of rotatable bonds is 4. The highest BCUT2D eigenvalue weighted by Crippen LogP contribution is 2.51. The summed E-state index contributed by atoms with van der Waals surface area (Å²) in [6, 6.07) is 67.3. The van der Waals surface area contributed by atoms with Gasteiger partial charge < -0.3 is 0 Å². The molecule has 51 heavy (non-hydrogen) atoms. The summed E-state index contributed by atoms with van der Waals surface area (Å²) in [6.45, 7) is 4.78. The van der Waals surface area contributed by atoms with Crippen molar-refractivity contribution in [3.05, 3.63) is 193 Å². The van der Waals surface area contributed by atoms with Gasteiger partial charge in [-0.2, -0.15) is 0 Å². The smallest absolute Gasteiger partial charge is 0.0159 e. The molecule has 0 saturated carbocycles. The monoisotopic (exact) mass is 648 g/mol. The molecule has 9 aromatic rings. The summed E-state index contributed by atoms with van der Waals surface area (Å²) >= 11 is 0. The molecule has 0 nitrogen and oxygen atoms in total. The molecular formula is C51H36. The Kier molecular flexibility index (Phi) is 6.63. The van der Waals surface area contributed by atoms with Crippen molar-refractivity contribution in [3.8, 4) is 55.6 Å². The lowest BCUT2D eigenvalue weighted by Crippen LogP contribution is -2.23. The standard InChI is InChI=1S/C51H36/c1-51(2)48-19-9-18-46-44(38-26-24-37(25-27-38)43-17-8-13-35-11-4-6-15-41(35)43)30-31-47(50(46)48)45-29-28-39(32-49(45)51)33-20-22-36(23-21-33)42-16-7-12-34-10-3-5-14-40(34)42/h3-32H,1-2H3. The molecule has 0 fully saturated rings. The van der Waals surface area contributed by atoms with E-state index in [1.807, 2.05) is 0 Å². The molecule has 0 aromatic heterocycles. The van der Waals surface area contributed by atoms with Gasteiger partial charge in [0, 0.05) is 5.41 Å². The summed E-state index contributed by atoms with van der Waals surface area (Å²) in [5.41, 5.74) is 15.3. The van der Waals surface area contributed by atoms with Gasteiger partial charge in [-0.3, -0.25) is 0 Å².